The predicted molar refractivity (Wildman–Crippen MR) is 83.2 cm³/mol. The van der Waals surface area contributed by atoms with Gasteiger partial charge in [0.05, 0.1) is 7.11 Å². The molecular formula is C17H23N3O3. The molecule has 0 bridgehead atoms. The van der Waals surface area contributed by atoms with E-state index in [4.69, 9.17) is 11.2 Å². The number of esters is 1. The summed E-state index contributed by atoms with van der Waals surface area (Å²) in [5, 5.41) is 8.13. The molecule has 3 rings (SSSR count). The Kier molecular flexibility index (Phi) is 4.38. The van der Waals surface area contributed by atoms with Gasteiger partial charge in [-0.05, 0) is 24.7 Å². The number of fused-ring (bicyclic) bond motifs is 1. The number of ether oxygens (including phenoxy) is 1. The zero-order valence-electron chi connectivity index (χ0n) is 13.5. The Balaban J connectivity index is 1.60. The van der Waals surface area contributed by atoms with Crippen molar-refractivity contribution in [3.63, 3.8) is 0 Å². The first-order valence-corrected chi connectivity index (χ1v) is 8.35. The second-order valence-electron chi connectivity index (χ2n) is 6.76. The van der Waals surface area contributed by atoms with Gasteiger partial charge < -0.3 is 9.64 Å². The van der Waals surface area contributed by atoms with Crippen molar-refractivity contribution in [2.75, 3.05) is 13.7 Å². The highest BCUT2D eigenvalue weighted by molar-refractivity contribution is 5.85. The monoisotopic (exact) mass is 317 g/mol. The van der Waals surface area contributed by atoms with Crippen LogP contribution in [0.25, 0.3) is 0 Å². The number of likely N-dealkylation sites (tertiary alicyclic amines) is 1. The molecule has 0 aromatic heterocycles. The highest BCUT2D eigenvalue weighted by Gasteiger charge is 2.50. The van der Waals surface area contributed by atoms with Gasteiger partial charge in [-0.1, -0.05) is 6.42 Å². The average Bonchev–Trinajstić information content (AvgIpc) is 3.01. The highest BCUT2D eigenvalue weighted by Crippen LogP contribution is 2.43. The minimum absolute atomic E-state index is 0.00665. The van der Waals surface area contributed by atoms with E-state index < -0.39 is 11.7 Å². The number of nitrogens with zero attached hydrogens (tertiary/aromatic N) is 3. The Morgan fingerprint density at radius 2 is 2.13 bits per heavy atom. The van der Waals surface area contributed by atoms with Crippen LogP contribution in [0.15, 0.2) is 10.2 Å². The summed E-state index contributed by atoms with van der Waals surface area (Å²) in [5.74, 6) is 3.01. The lowest BCUT2D eigenvalue weighted by atomic mass is 9.94. The lowest BCUT2D eigenvalue weighted by Gasteiger charge is -2.26. The molecule has 0 unspecified atom stereocenters. The quantitative estimate of drug-likeness (QED) is 0.556. The van der Waals surface area contributed by atoms with Crippen molar-refractivity contribution in [2.45, 2.75) is 56.7 Å². The first-order valence-electron chi connectivity index (χ1n) is 8.35. The van der Waals surface area contributed by atoms with Crippen LogP contribution in [0.4, 0.5) is 0 Å². The Labute approximate surface area is 136 Å². The predicted octanol–water partition coefficient (Wildman–Crippen LogP) is 2.14. The number of terminal acetylenes is 1. The van der Waals surface area contributed by atoms with Crippen LogP contribution in [-0.4, -0.2) is 42.1 Å². The van der Waals surface area contributed by atoms with Crippen LogP contribution in [0, 0.1) is 24.2 Å². The zero-order chi connectivity index (χ0) is 16.4. The van der Waals surface area contributed by atoms with Crippen LogP contribution in [0.5, 0.6) is 0 Å². The molecular weight excluding hydrogens is 294 g/mol. The molecule has 0 spiro atoms. The maximum atomic E-state index is 12.6. The SMILES string of the molecule is C#CCCC1(CCC(=O)N2C[C@H]3CCC[C@H]3[C@H]2C(=O)OC)N=N1. The summed E-state index contributed by atoms with van der Waals surface area (Å²) in [4.78, 5) is 26.5. The van der Waals surface area contributed by atoms with Crippen LogP contribution in [0.1, 0.15) is 44.9 Å². The van der Waals surface area contributed by atoms with Gasteiger partial charge in [-0.25, -0.2) is 4.79 Å². The van der Waals surface area contributed by atoms with E-state index in [9.17, 15) is 9.59 Å². The fourth-order valence-electron chi connectivity index (χ4n) is 4.10. The van der Waals surface area contributed by atoms with Crippen molar-refractivity contribution >= 4 is 11.9 Å². The molecule has 6 nitrogen and oxygen atoms in total. The lowest BCUT2D eigenvalue weighted by Crippen LogP contribution is -2.44. The third-order valence-electron chi connectivity index (χ3n) is 5.45. The summed E-state index contributed by atoms with van der Waals surface area (Å²) in [5.41, 5.74) is -0.446. The van der Waals surface area contributed by atoms with Gasteiger partial charge in [0.1, 0.15) is 6.04 Å². The largest absolute Gasteiger partial charge is 0.467 e. The van der Waals surface area contributed by atoms with Crippen LogP contribution in [0.2, 0.25) is 0 Å². The molecule has 23 heavy (non-hydrogen) atoms. The fourth-order valence-corrected chi connectivity index (χ4v) is 4.10. The Bertz CT molecular complexity index is 560. The fraction of sp³-hybridized carbons (Fsp3) is 0.765. The number of hydrogen-bond acceptors (Lipinski definition) is 5. The topological polar surface area (TPSA) is 71.3 Å². The van der Waals surface area contributed by atoms with Gasteiger partial charge in [-0.3, -0.25) is 4.79 Å². The zero-order valence-corrected chi connectivity index (χ0v) is 13.5. The first-order chi connectivity index (χ1) is 11.1. The smallest absolute Gasteiger partial charge is 0.328 e. The molecule has 3 aliphatic rings. The maximum absolute atomic E-state index is 12.6. The van der Waals surface area contributed by atoms with Gasteiger partial charge in [0, 0.05) is 32.2 Å². The van der Waals surface area contributed by atoms with E-state index >= 15 is 0 Å². The summed E-state index contributed by atoms with van der Waals surface area (Å²) in [7, 11) is 1.39. The molecule has 2 aliphatic heterocycles. The summed E-state index contributed by atoms with van der Waals surface area (Å²) >= 11 is 0. The number of hydrogen-bond donors (Lipinski definition) is 0. The molecule has 1 saturated heterocycles. The molecule has 2 heterocycles. The van der Waals surface area contributed by atoms with Crippen molar-refractivity contribution in [3.8, 4) is 12.3 Å². The molecule has 3 atom stereocenters. The van der Waals surface area contributed by atoms with Gasteiger partial charge in [-0.2, -0.15) is 10.2 Å². The Hall–Kier alpha value is -1.90. The molecule has 124 valence electrons. The van der Waals surface area contributed by atoms with Crippen LogP contribution in [-0.2, 0) is 14.3 Å². The van der Waals surface area contributed by atoms with Crippen LogP contribution in [0.3, 0.4) is 0 Å². The van der Waals surface area contributed by atoms with Gasteiger partial charge in [0.15, 0.2) is 5.66 Å². The van der Waals surface area contributed by atoms with Gasteiger partial charge in [0.2, 0.25) is 5.91 Å². The van der Waals surface area contributed by atoms with E-state index in [0.29, 0.717) is 38.1 Å². The lowest BCUT2D eigenvalue weighted by molar-refractivity contribution is -0.152. The number of methoxy groups -OCH3 is 1. The molecule has 1 aliphatic carbocycles. The van der Waals surface area contributed by atoms with Gasteiger partial charge in [0.25, 0.3) is 0 Å². The van der Waals surface area contributed by atoms with Crippen LogP contribution >= 0.6 is 0 Å². The summed E-state index contributed by atoms with van der Waals surface area (Å²) in [6.07, 6.45) is 10.8. The van der Waals surface area contributed by atoms with Crippen molar-refractivity contribution in [1.29, 1.82) is 0 Å². The molecule has 0 aromatic carbocycles. The van der Waals surface area contributed by atoms with Crippen molar-refractivity contribution in [1.82, 2.24) is 4.90 Å². The summed E-state index contributed by atoms with van der Waals surface area (Å²) in [6.45, 7) is 0.676. The Morgan fingerprint density at radius 1 is 1.35 bits per heavy atom. The molecule has 0 aromatic rings. The summed E-state index contributed by atoms with van der Waals surface area (Å²) in [6, 6.07) is -0.408. The normalized spacial score (nSPS) is 29.9. The van der Waals surface area contributed by atoms with E-state index in [-0.39, 0.29) is 17.8 Å². The van der Waals surface area contributed by atoms with Gasteiger partial charge >= 0.3 is 5.97 Å². The Morgan fingerprint density at radius 3 is 2.78 bits per heavy atom. The molecule has 0 radical (unpaired) electrons. The second-order valence-corrected chi connectivity index (χ2v) is 6.76. The minimum Gasteiger partial charge on any atom is -0.467 e. The van der Waals surface area contributed by atoms with Crippen molar-refractivity contribution in [2.24, 2.45) is 22.1 Å². The van der Waals surface area contributed by atoms with E-state index in [1.54, 1.807) is 4.90 Å². The minimum atomic E-state index is -0.446. The van der Waals surface area contributed by atoms with Gasteiger partial charge in [-0.15, -0.1) is 12.3 Å². The van der Waals surface area contributed by atoms with E-state index in [1.165, 1.54) is 7.11 Å². The van der Waals surface area contributed by atoms with E-state index in [2.05, 4.69) is 16.1 Å². The van der Waals surface area contributed by atoms with Crippen LogP contribution < -0.4 is 0 Å². The standard InChI is InChI=1S/C17H23N3O3/c1-3-4-9-17(18-19-17)10-8-14(21)20-11-12-6-5-7-13(12)15(20)16(22)23-2/h1,12-13,15H,4-11H2,2H3/t12-,13-,15+/m1/s1. The highest BCUT2D eigenvalue weighted by atomic mass is 16.5. The number of amides is 1. The molecule has 2 fully saturated rings. The molecule has 1 saturated carbocycles. The van der Waals surface area contributed by atoms with Crippen molar-refractivity contribution in [3.05, 3.63) is 0 Å². The van der Waals surface area contributed by atoms with Crippen molar-refractivity contribution < 1.29 is 14.3 Å². The maximum Gasteiger partial charge on any atom is 0.328 e. The first kappa shape index (κ1) is 16.0. The number of carbonyl (C=O) groups excluding carboxylic acids is 2. The third-order valence-corrected chi connectivity index (χ3v) is 5.45. The molecule has 1 amide bonds. The number of rotatable bonds is 6. The second kappa shape index (κ2) is 6.31. The molecule has 6 heteroatoms. The average molecular weight is 317 g/mol. The van der Waals surface area contributed by atoms with E-state index in [0.717, 1.165) is 19.3 Å². The van der Waals surface area contributed by atoms with E-state index in [1.807, 2.05) is 0 Å². The summed E-state index contributed by atoms with van der Waals surface area (Å²) < 4.78 is 4.94. The molecule has 0 N–H and O–H groups in total. The number of carbonyl (C=O) groups is 2. The third kappa shape index (κ3) is 3.10.